The van der Waals surface area contributed by atoms with Gasteiger partial charge >= 0.3 is 0 Å². The van der Waals surface area contributed by atoms with Crippen molar-refractivity contribution in [2.75, 3.05) is 11.9 Å². The molecule has 1 atom stereocenters. The van der Waals surface area contributed by atoms with E-state index in [-0.39, 0.29) is 12.0 Å². The molecule has 0 saturated heterocycles. The van der Waals surface area contributed by atoms with Crippen molar-refractivity contribution < 1.29 is 14.3 Å². The van der Waals surface area contributed by atoms with E-state index in [1.54, 1.807) is 12.1 Å². The van der Waals surface area contributed by atoms with Gasteiger partial charge in [0, 0.05) is 15.4 Å². The highest BCUT2D eigenvalue weighted by Crippen LogP contribution is 2.36. The number of benzene rings is 2. The molecule has 0 spiro atoms. The van der Waals surface area contributed by atoms with Crippen LogP contribution in [0.3, 0.4) is 0 Å². The molecular formula is C18H13BrN2O3S. The molecule has 1 aromatic heterocycles. The monoisotopic (exact) mass is 416 g/mol. The number of hydrogen-bond donors (Lipinski definition) is 1. The number of para-hydroxylation sites is 2. The molecule has 2 heterocycles. The average Bonchev–Trinajstić information content (AvgIpc) is 3.10. The molecule has 2 aromatic carbocycles. The smallest absolute Gasteiger partial charge is 0.257 e. The number of carbonyl (C=O) groups excluding carboxylic acids is 1. The maximum absolute atomic E-state index is 12.3. The van der Waals surface area contributed by atoms with Crippen LogP contribution >= 0.6 is 27.3 Å². The van der Waals surface area contributed by atoms with Crippen molar-refractivity contribution in [2.45, 2.75) is 6.10 Å². The van der Waals surface area contributed by atoms with Crippen molar-refractivity contribution in [3.63, 3.8) is 0 Å². The van der Waals surface area contributed by atoms with E-state index in [1.807, 2.05) is 41.8 Å². The third-order valence-electron chi connectivity index (χ3n) is 3.67. The Morgan fingerprint density at radius 1 is 1.20 bits per heavy atom. The molecule has 0 radical (unpaired) electrons. The van der Waals surface area contributed by atoms with Gasteiger partial charge in [0.25, 0.3) is 5.91 Å². The molecule has 1 N–H and O–H groups in total. The fraction of sp³-hybridized carbons (Fsp3) is 0.111. The van der Waals surface area contributed by atoms with E-state index in [9.17, 15) is 4.79 Å². The highest BCUT2D eigenvalue weighted by atomic mass is 79.9. The molecule has 5 nitrogen and oxygen atoms in total. The molecule has 0 aliphatic carbocycles. The number of fused-ring (bicyclic) bond motifs is 1. The third-order valence-corrected chi connectivity index (χ3v) is 4.94. The van der Waals surface area contributed by atoms with Gasteiger partial charge in [-0.05, 0) is 30.3 Å². The molecule has 0 bridgehead atoms. The molecule has 0 fully saturated rings. The zero-order valence-corrected chi connectivity index (χ0v) is 15.3. The van der Waals surface area contributed by atoms with Gasteiger partial charge in [-0.25, -0.2) is 4.98 Å². The number of aromatic nitrogens is 1. The topological polar surface area (TPSA) is 60.5 Å². The number of anilines is 1. The van der Waals surface area contributed by atoms with Crippen LogP contribution in [0.2, 0.25) is 0 Å². The van der Waals surface area contributed by atoms with Crippen LogP contribution in [0.4, 0.5) is 5.13 Å². The van der Waals surface area contributed by atoms with Gasteiger partial charge in [-0.15, -0.1) is 11.3 Å². The van der Waals surface area contributed by atoms with Crippen LogP contribution in [-0.4, -0.2) is 17.5 Å². The number of nitrogens with one attached hydrogen (secondary N) is 1. The molecule has 1 unspecified atom stereocenters. The van der Waals surface area contributed by atoms with Crippen molar-refractivity contribution in [1.29, 1.82) is 0 Å². The molecule has 1 aliphatic heterocycles. The fourth-order valence-electron chi connectivity index (χ4n) is 2.46. The minimum absolute atomic E-state index is 0.201. The minimum Gasteiger partial charge on any atom is -0.485 e. The van der Waals surface area contributed by atoms with Crippen LogP contribution in [0.1, 0.15) is 22.2 Å². The van der Waals surface area contributed by atoms with E-state index < -0.39 is 0 Å². The van der Waals surface area contributed by atoms with Crippen molar-refractivity contribution >= 4 is 38.3 Å². The van der Waals surface area contributed by atoms with Crippen LogP contribution in [0.15, 0.2) is 58.4 Å². The van der Waals surface area contributed by atoms with Crippen molar-refractivity contribution in [3.8, 4) is 11.5 Å². The Hall–Kier alpha value is -2.38. The quantitative estimate of drug-likeness (QED) is 0.673. The zero-order chi connectivity index (χ0) is 17.2. The lowest BCUT2D eigenvalue weighted by molar-refractivity contribution is 0.0888. The van der Waals surface area contributed by atoms with Gasteiger partial charge in [0.2, 0.25) is 0 Å². The number of halogens is 1. The van der Waals surface area contributed by atoms with Crippen LogP contribution in [-0.2, 0) is 0 Å². The van der Waals surface area contributed by atoms with E-state index in [4.69, 9.17) is 9.47 Å². The first-order valence-corrected chi connectivity index (χ1v) is 9.27. The predicted octanol–water partition coefficient (Wildman–Crippen LogP) is 4.67. The molecule has 126 valence electrons. The summed E-state index contributed by atoms with van der Waals surface area (Å²) in [6, 6.07) is 14.7. The highest BCUT2D eigenvalue weighted by molar-refractivity contribution is 9.10. The first-order valence-electron chi connectivity index (χ1n) is 7.60. The maximum atomic E-state index is 12.3. The number of thiazole rings is 1. The van der Waals surface area contributed by atoms with Gasteiger partial charge in [-0.1, -0.05) is 34.1 Å². The standard InChI is InChI=1S/C18H13BrN2O3S/c19-12-5-3-4-11(8-12)17(22)21-18-20-13(10-25-18)16-9-23-14-6-1-2-7-15(14)24-16/h1-8,10,16H,9H2,(H,20,21,22). The zero-order valence-electron chi connectivity index (χ0n) is 12.9. The van der Waals surface area contributed by atoms with E-state index in [1.165, 1.54) is 11.3 Å². The largest absolute Gasteiger partial charge is 0.485 e. The van der Waals surface area contributed by atoms with Gasteiger partial charge in [-0.3, -0.25) is 10.1 Å². The highest BCUT2D eigenvalue weighted by Gasteiger charge is 2.24. The fourth-order valence-corrected chi connectivity index (χ4v) is 3.60. The number of nitrogens with zero attached hydrogens (tertiary/aromatic N) is 1. The second-order valence-corrected chi connectivity index (χ2v) is 7.18. The lowest BCUT2D eigenvalue weighted by Gasteiger charge is -2.25. The van der Waals surface area contributed by atoms with Gasteiger partial charge in [0.1, 0.15) is 6.61 Å². The van der Waals surface area contributed by atoms with Gasteiger partial charge in [0.15, 0.2) is 22.7 Å². The summed E-state index contributed by atoms with van der Waals surface area (Å²) in [4.78, 5) is 16.8. The first-order chi connectivity index (χ1) is 12.2. The number of hydrogen-bond acceptors (Lipinski definition) is 5. The summed E-state index contributed by atoms with van der Waals surface area (Å²) in [6.45, 7) is 0.389. The van der Waals surface area contributed by atoms with Crippen LogP contribution < -0.4 is 14.8 Å². The summed E-state index contributed by atoms with van der Waals surface area (Å²) in [6.07, 6.45) is -0.289. The first kappa shape index (κ1) is 16.1. The number of carbonyl (C=O) groups is 1. The van der Waals surface area contributed by atoms with Gasteiger partial charge < -0.3 is 9.47 Å². The summed E-state index contributed by atoms with van der Waals surface area (Å²) >= 11 is 4.72. The Balaban J connectivity index is 1.47. The summed E-state index contributed by atoms with van der Waals surface area (Å²) in [5.41, 5.74) is 1.31. The summed E-state index contributed by atoms with van der Waals surface area (Å²) in [5, 5.41) is 5.22. The average molecular weight is 417 g/mol. The predicted molar refractivity (Wildman–Crippen MR) is 99.5 cm³/mol. The molecule has 0 saturated carbocycles. The SMILES string of the molecule is O=C(Nc1nc(C2COc3ccccc3O2)cs1)c1cccc(Br)c1. The number of rotatable bonds is 3. The van der Waals surface area contributed by atoms with E-state index in [0.29, 0.717) is 23.1 Å². The summed E-state index contributed by atoms with van der Waals surface area (Å²) in [5.74, 6) is 1.23. The molecule has 3 aromatic rings. The molecule has 1 amide bonds. The normalized spacial score (nSPS) is 15.6. The lowest BCUT2D eigenvalue weighted by atomic mass is 10.2. The van der Waals surface area contributed by atoms with E-state index in [2.05, 4.69) is 26.2 Å². The van der Waals surface area contributed by atoms with Crippen molar-refractivity contribution in [2.24, 2.45) is 0 Å². The lowest BCUT2D eigenvalue weighted by Crippen LogP contribution is -2.22. The maximum Gasteiger partial charge on any atom is 0.257 e. The molecule has 7 heteroatoms. The molecular weight excluding hydrogens is 404 g/mol. The minimum atomic E-state index is -0.289. The Bertz CT molecular complexity index is 928. The Morgan fingerprint density at radius 3 is 2.88 bits per heavy atom. The Kier molecular flexibility index (Phi) is 4.42. The second kappa shape index (κ2) is 6.85. The van der Waals surface area contributed by atoms with Crippen molar-refractivity contribution in [1.82, 2.24) is 4.98 Å². The molecule has 1 aliphatic rings. The van der Waals surface area contributed by atoms with Gasteiger partial charge in [0.05, 0.1) is 5.69 Å². The van der Waals surface area contributed by atoms with E-state index in [0.717, 1.165) is 15.9 Å². The Labute approximate surface area is 156 Å². The number of ether oxygens (including phenoxy) is 2. The second-order valence-electron chi connectivity index (χ2n) is 5.41. The van der Waals surface area contributed by atoms with Gasteiger partial charge in [-0.2, -0.15) is 0 Å². The van der Waals surface area contributed by atoms with Crippen LogP contribution in [0, 0.1) is 0 Å². The summed E-state index contributed by atoms with van der Waals surface area (Å²) in [7, 11) is 0. The van der Waals surface area contributed by atoms with Crippen molar-refractivity contribution in [3.05, 3.63) is 69.6 Å². The van der Waals surface area contributed by atoms with Crippen LogP contribution in [0.5, 0.6) is 11.5 Å². The molecule has 4 rings (SSSR count). The summed E-state index contributed by atoms with van der Waals surface area (Å²) < 4.78 is 12.5. The Morgan fingerprint density at radius 2 is 2.04 bits per heavy atom. The number of amides is 1. The van der Waals surface area contributed by atoms with E-state index >= 15 is 0 Å². The van der Waals surface area contributed by atoms with Crippen LogP contribution in [0.25, 0.3) is 0 Å². The molecule has 25 heavy (non-hydrogen) atoms. The third kappa shape index (κ3) is 3.52.